The van der Waals surface area contributed by atoms with Crippen molar-refractivity contribution in [3.63, 3.8) is 0 Å². The van der Waals surface area contributed by atoms with Crippen LogP contribution in [0.3, 0.4) is 0 Å². The molecule has 0 spiro atoms. The highest BCUT2D eigenvalue weighted by Crippen LogP contribution is 2.19. The van der Waals surface area contributed by atoms with Crippen LogP contribution in [0.1, 0.15) is 52.4 Å². The van der Waals surface area contributed by atoms with Gasteiger partial charge in [-0.3, -0.25) is 0 Å². The highest BCUT2D eigenvalue weighted by Gasteiger charge is 2.27. The summed E-state index contributed by atoms with van der Waals surface area (Å²) in [5, 5.41) is 3.66. The Bertz CT molecular complexity index is 175. The molecule has 96 valence electrons. The highest BCUT2D eigenvalue weighted by atomic mass is 16.5. The summed E-state index contributed by atoms with van der Waals surface area (Å²) in [4.78, 5) is 0. The van der Waals surface area contributed by atoms with Crippen LogP contribution in [-0.4, -0.2) is 31.3 Å². The van der Waals surface area contributed by atoms with Gasteiger partial charge in [-0.2, -0.15) is 0 Å². The minimum atomic E-state index is 0.141. The van der Waals surface area contributed by atoms with E-state index in [4.69, 9.17) is 10.5 Å². The first kappa shape index (κ1) is 13.9. The fourth-order valence-electron chi connectivity index (χ4n) is 2.36. The van der Waals surface area contributed by atoms with Crippen LogP contribution in [0.5, 0.6) is 0 Å². The Balaban J connectivity index is 2.35. The Hall–Kier alpha value is -0.120. The maximum absolute atomic E-state index is 5.94. The SMILES string of the molecule is CCCCC(CC)(CN)NCC1CCCO1. The van der Waals surface area contributed by atoms with E-state index in [0.717, 1.165) is 26.1 Å². The lowest BCUT2D eigenvalue weighted by atomic mass is 9.89. The standard InChI is InChI=1S/C13H28N2O/c1-3-5-8-13(4-2,11-14)15-10-12-7-6-9-16-12/h12,15H,3-11,14H2,1-2H3. The maximum atomic E-state index is 5.94. The average molecular weight is 228 g/mol. The van der Waals surface area contributed by atoms with Crippen LogP contribution in [0.15, 0.2) is 0 Å². The summed E-state index contributed by atoms with van der Waals surface area (Å²) < 4.78 is 5.64. The number of hydrogen-bond donors (Lipinski definition) is 2. The van der Waals surface area contributed by atoms with E-state index in [-0.39, 0.29) is 5.54 Å². The number of nitrogens with one attached hydrogen (secondary N) is 1. The first-order chi connectivity index (χ1) is 7.76. The molecule has 1 fully saturated rings. The van der Waals surface area contributed by atoms with Crippen molar-refractivity contribution in [2.24, 2.45) is 5.73 Å². The van der Waals surface area contributed by atoms with E-state index in [9.17, 15) is 0 Å². The third-order valence-corrected chi connectivity index (χ3v) is 3.81. The third-order valence-electron chi connectivity index (χ3n) is 3.81. The van der Waals surface area contributed by atoms with Gasteiger partial charge in [0.15, 0.2) is 0 Å². The molecule has 1 heterocycles. The van der Waals surface area contributed by atoms with E-state index >= 15 is 0 Å². The molecule has 3 N–H and O–H groups in total. The number of ether oxygens (including phenoxy) is 1. The number of nitrogens with two attached hydrogens (primary N) is 1. The number of hydrogen-bond acceptors (Lipinski definition) is 3. The molecule has 0 aromatic rings. The van der Waals surface area contributed by atoms with Gasteiger partial charge < -0.3 is 15.8 Å². The summed E-state index contributed by atoms with van der Waals surface area (Å²) in [6.45, 7) is 7.09. The summed E-state index contributed by atoms with van der Waals surface area (Å²) in [6.07, 6.45) is 7.61. The van der Waals surface area contributed by atoms with Gasteiger partial charge >= 0.3 is 0 Å². The van der Waals surface area contributed by atoms with Crippen LogP contribution in [0.4, 0.5) is 0 Å². The summed E-state index contributed by atoms with van der Waals surface area (Å²) in [5.41, 5.74) is 6.08. The van der Waals surface area contributed by atoms with Crippen LogP contribution >= 0.6 is 0 Å². The largest absolute Gasteiger partial charge is 0.377 e. The lowest BCUT2D eigenvalue weighted by molar-refractivity contribution is 0.0989. The second kappa shape index (κ2) is 7.25. The van der Waals surface area contributed by atoms with E-state index < -0.39 is 0 Å². The zero-order valence-electron chi connectivity index (χ0n) is 10.9. The quantitative estimate of drug-likeness (QED) is 0.668. The summed E-state index contributed by atoms with van der Waals surface area (Å²) in [5.74, 6) is 0. The van der Waals surface area contributed by atoms with Crippen LogP contribution in [0.2, 0.25) is 0 Å². The van der Waals surface area contributed by atoms with Gasteiger partial charge in [0.05, 0.1) is 6.10 Å². The van der Waals surface area contributed by atoms with Crippen LogP contribution in [0, 0.1) is 0 Å². The van der Waals surface area contributed by atoms with E-state index in [2.05, 4.69) is 19.2 Å². The monoisotopic (exact) mass is 228 g/mol. The summed E-state index contributed by atoms with van der Waals surface area (Å²) >= 11 is 0. The Morgan fingerprint density at radius 2 is 2.25 bits per heavy atom. The van der Waals surface area contributed by atoms with Gasteiger partial charge in [0.25, 0.3) is 0 Å². The fourth-order valence-corrected chi connectivity index (χ4v) is 2.36. The van der Waals surface area contributed by atoms with E-state index in [1.807, 2.05) is 0 Å². The normalized spacial score (nSPS) is 24.6. The smallest absolute Gasteiger partial charge is 0.0700 e. The fraction of sp³-hybridized carbons (Fsp3) is 1.00. The molecule has 3 heteroatoms. The molecule has 0 aromatic heterocycles. The lowest BCUT2D eigenvalue weighted by Crippen LogP contribution is -2.52. The minimum Gasteiger partial charge on any atom is -0.377 e. The highest BCUT2D eigenvalue weighted by molar-refractivity contribution is 4.89. The van der Waals surface area contributed by atoms with Crippen molar-refractivity contribution in [2.45, 2.75) is 64.0 Å². The predicted octanol–water partition coefficient (Wildman–Crippen LogP) is 2.05. The van der Waals surface area contributed by atoms with Gasteiger partial charge in [-0.05, 0) is 25.7 Å². The van der Waals surface area contributed by atoms with Crippen molar-refractivity contribution in [1.29, 1.82) is 0 Å². The van der Waals surface area contributed by atoms with Gasteiger partial charge in [-0.25, -0.2) is 0 Å². The van der Waals surface area contributed by atoms with Gasteiger partial charge in [0.1, 0.15) is 0 Å². The molecule has 0 aromatic carbocycles. The Morgan fingerprint density at radius 3 is 2.75 bits per heavy atom. The van der Waals surface area contributed by atoms with Crippen molar-refractivity contribution in [3.05, 3.63) is 0 Å². The second-order valence-corrected chi connectivity index (χ2v) is 4.96. The Kier molecular flexibility index (Phi) is 6.32. The van der Waals surface area contributed by atoms with Crippen molar-refractivity contribution in [1.82, 2.24) is 5.32 Å². The molecular weight excluding hydrogens is 200 g/mol. The first-order valence-corrected chi connectivity index (χ1v) is 6.83. The van der Waals surface area contributed by atoms with Crippen molar-refractivity contribution in [3.8, 4) is 0 Å². The molecule has 1 saturated heterocycles. The molecular formula is C13H28N2O. The molecule has 16 heavy (non-hydrogen) atoms. The molecule has 3 nitrogen and oxygen atoms in total. The molecule has 1 aliphatic heterocycles. The van der Waals surface area contributed by atoms with E-state index in [1.165, 1.54) is 32.1 Å². The second-order valence-electron chi connectivity index (χ2n) is 4.96. The molecule has 2 unspecified atom stereocenters. The molecule has 2 atom stereocenters. The van der Waals surface area contributed by atoms with Gasteiger partial charge in [0.2, 0.25) is 0 Å². The van der Waals surface area contributed by atoms with Crippen LogP contribution in [0.25, 0.3) is 0 Å². The summed E-state index contributed by atoms with van der Waals surface area (Å²) in [7, 11) is 0. The minimum absolute atomic E-state index is 0.141. The lowest BCUT2D eigenvalue weighted by Gasteiger charge is -2.34. The number of unbranched alkanes of at least 4 members (excludes halogenated alkanes) is 1. The average Bonchev–Trinajstić information content (AvgIpc) is 2.83. The van der Waals surface area contributed by atoms with E-state index in [0.29, 0.717) is 6.10 Å². The van der Waals surface area contributed by atoms with Gasteiger partial charge in [0, 0.05) is 25.2 Å². The van der Waals surface area contributed by atoms with Crippen LogP contribution in [-0.2, 0) is 4.74 Å². The third kappa shape index (κ3) is 4.04. The van der Waals surface area contributed by atoms with Gasteiger partial charge in [-0.15, -0.1) is 0 Å². The molecule has 1 aliphatic rings. The molecule has 0 saturated carbocycles. The summed E-state index contributed by atoms with van der Waals surface area (Å²) in [6, 6.07) is 0. The first-order valence-electron chi connectivity index (χ1n) is 6.83. The molecule has 0 aliphatic carbocycles. The van der Waals surface area contributed by atoms with Crippen molar-refractivity contribution >= 4 is 0 Å². The van der Waals surface area contributed by atoms with Gasteiger partial charge in [-0.1, -0.05) is 26.7 Å². The Morgan fingerprint density at radius 1 is 1.44 bits per heavy atom. The van der Waals surface area contributed by atoms with Crippen LogP contribution < -0.4 is 11.1 Å². The van der Waals surface area contributed by atoms with E-state index in [1.54, 1.807) is 0 Å². The number of rotatable bonds is 8. The molecule has 0 bridgehead atoms. The molecule has 1 rings (SSSR count). The topological polar surface area (TPSA) is 47.3 Å². The van der Waals surface area contributed by atoms with Crippen molar-refractivity contribution < 1.29 is 4.74 Å². The van der Waals surface area contributed by atoms with Crippen molar-refractivity contribution in [2.75, 3.05) is 19.7 Å². The zero-order valence-corrected chi connectivity index (χ0v) is 10.9. The zero-order chi connectivity index (χ0) is 11.9. The molecule has 0 amide bonds. The Labute approximate surface area is 100 Å². The molecule has 0 radical (unpaired) electrons. The maximum Gasteiger partial charge on any atom is 0.0700 e. The predicted molar refractivity (Wildman–Crippen MR) is 68.6 cm³/mol.